The van der Waals surface area contributed by atoms with Gasteiger partial charge < -0.3 is 9.47 Å². The number of methoxy groups -OCH3 is 2. The molecule has 15 heavy (non-hydrogen) atoms. The van der Waals surface area contributed by atoms with E-state index in [1.54, 1.807) is 20.4 Å². The van der Waals surface area contributed by atoms with E-state index in [-0.39, 0.29) is 5.41 Å². The van der Waals surface area contributed by atoms with E-state index in [0.29, 0.717) is 0 Å². The van der Waals surface area contributed by atoms with Crippen LogP contribution in [0.5, 0.6) is 0 Å². The van der Waals surface area contributed by atoms with Crippen LogP contribution >= 0.6 is 0 Å². The third-order valence-corrected chi connectivity index (χ3v) is 2.89. The van der Waals surface area contributed by atoms with E-state index in [2.05, 4.69) is 16.9 Å². The molecule has 82 valence electrons. The van der Waals surface area contributed by atoms with Crippen molar-refractivity contribution in [1.82, 2.24) is 9.97 Å². The summed E-state index contributed by atoms with van der Waals surface area (Å²) in [5.74, 6) is 0.902. The Morgan fingerprint density at radius 2 is 2.00 bits per heavy atom. The molecule has 1 heterocycles. The summed E-state index contributed by atoms with van der Waals surface area (Å²) in [6.07, 6.45) is 3.71. The first-order valence-corrected chi connectivity index (χ1v) is 5.08. The Balaban J connectivity index is 2.26. The van der Waals surface area contributed by atoms with E-state index in [4.69, 9.17) is 9.47 Å². The highest BCUT2D eigenvalue weighted by Crippen LogP contribution is 2.45. The molecule has 2 rings (SSSR count). The molecule has 0 atom stereocenters. The van der Waals surface area contributed by atoms with Crippen LogP contribution in [0.4, 0.5) is 0 Å². The quantitative estimate of drug-likeness (QED) is 0.708. The number of nitrogens with zero attached hydrogens (tertiary/aromatic N) is 2. The molecule has 0 radical (unpaired) electrons. The van der Waals surface area contributed by atoms with Crippen molar-refractivity contribution in [3.05, 3.63) is 23.8 Å². The van der Waals surface area contributed by atoms with Crippen molar-refractivity contribution in [1.29, 1.82) is 0 Å². The zero-order chi connectivity index (χ0) is 10.9. The predicted molar refractivity (Wildman–Crippen MR) is 55.4 cm³/mol. The first kappa shape index (κ1) is 10.5. The monoisotopic (exact) mass is 208 g/mol. The third kappa shape index (κ3) is 2.01. The van der Waals surface area contributed by atoms with Crippen LogP contribution in [0, 0.1) is 0 Å². The summed E-state index contributed by atoms with van der Waals surface area (Å²) >= 11 is 0. The first-order valence-electron chi connectivity index (χ1n) is 5.08. The molecule has 0 saturated heterocycles. The number of rotatable bonds is 4. The van der Waals surface area contributed by atoms with Crippen molar-refractivity contribution in [2.45, 2.75) is 31.5 Å². The second kappa shape index (κ2) is 3.87. The molecule has 4 heteroatoms. The summed E-state index contributed by atoms with van der Waals surface area (Å²) in [7, 11) is 3.21. The van der Waals surface area contributed by atoms with Gasteiger partial charge in [0.2, 0.25) is 6.29 Å². The van der Waals surface area contributed by atoms with Gasteiger partial charge in [-0.3, -0.25) is 0 Å². The van der Waals surface area contributed by atoms with Crippen molar-refractivity contribution in [3.8, 4) is 0 Å². The van der Waals surface area contributed by atoms with Gasteiger partial charge in [0.1, 0.15) is 5.82 Å². The van der Waals surface area contributed by atoms with Crippen LogP contribution in [0.2, 0.25) is 0 Å². The lowest BCUT2D eigenvalue weighted by molar-refractivity contribution is -0.108. The second-order valence-electron chi connectivity index (χ2n) is 4.17. The van der Waals surface area contributed by atoms with Gasteiger partial charge in [-0.2, -0.15) is 0 Å². The Morgan fingerprint density at radius 1 is 1.33 bits per heavy atom. The minimum absolute atomic E-state index is 0.183. The van der Waals surface area contributed by atoms with Crippen molar-refractivity contribution < 1.29 is 9.47 Å². The first-order chi connectivity index (χ1) is 7.19. The molecule has 1 aliphatic carbocycles. The summed E-state index contributed by atoms with van der Waals surface area (Å²) in [6, 6.07) is 1.83. The van der Waals surface area contributed by atoms with E-state index >= 15 is 0 Å². The Morgan fingerprint density at radius 3 is 2.53 bits per heavy atom. The molecular weight excluding hydrogens is 192 g/mol. The van der Waals surface area contributed by atoms with E-state index < -0.39 is 6.29 Å². The molecular formula is C11H16N2O2. The lowest BCUT2D eigenvalue weighted by atomic mass is 10.1. The van der Waals surface area contributed by atoms with Gasteiger partial charge in [-0.25, -0.2) is 9.97 Å². The molecule has 0 aliphatic heterocycles. The zero-order valence-corrected chi connectivity index (χ0v) is 9.36. The minimum Gasteiger partial charge on any atom is -0.350 e. The van der Waals surface area contributed by atoms with Gasteiger partial charge >= 0.3 is 0 Å². The van der Waals surface area contributed by atoms with Gasteiger partial charge in [0, 0.05) is 25.8 Å². The standard InChI is InChI=1S/C11H16N2O2/c1-11(5-6-11)10-12-7-4-8(13-10)9(14-2)15-3/h4,7,9H,5-6H2,1-3H3. The van der Waals surface area contributed by atoms with Gasteiger partial charge in [0.25, 0.3) is 0 Å². The maximum absolute atomic E-state index is 5.16. The normalized spacial score (nSPS) is 18.1. The van der Waals surface area contributed by atoms with Gasteiger partial charge in [-0.15, -0.1) is 0 Å². The summed E-state index contributed by atoms with van der Waals surface area (Å²) in [4.78, 5) is 8.79. The van der Waals surface area contributed by atoms with Crippen LogP contribution < -0.4 is 0 Å². The fraction of sp³-hybridized carbons (Fsp3) is 0.636. The highest BCUT2D eigenvalue weighted by atomic mass is 16.7. The number of ether oxygens (including phenoxy) is 2. The molecule has 1 saturated carbocycles. The van der Waals surface area contributed by atoms with Gasteiger partial charge in [0.05, 0.1) is 5.69 Å². The summed E-state index contributed by atoms with van der Waals surface area (Å²) < 4.78 is 10.3. The molecule has 0 aromatic carbocycles. The Labute approximate surface area is 89.6 Å². The number of aromatic nitrogens is 2. The van der Waals surface area contributed by atoms with Crippen molar-refractivity contribution >= 4 is 0 Å². The fourth-order valence-corrected chi connectivity index (χ4v) is 1.54. The fourth-order valence-electron chi connectivity index (χ4n) is 1.54. The van der Waals surface area contributed by atoms with Crippen LogP contribution in [0.15, 0.2) is 12.3 Å². The SMILES string of the molecule is COC(OC)c1ccnc(C2(C)CC2)n1. The summed E-state index contributed by atoms with van der Waals surface area (Å²) in [5.41, 5.74) is 0.973. The van der Waals surface area contributed by atoms with Crippen molar-refractivity contribution in [2.24, 2.45) is 0 Å². The highest BCUT2D eigenvalue weighted by molar-refractivity contribution is 5.17. The van der Waals surface area contributed by atoms with Crippen molar-refractivity contribution in [2.75, 3.05) is 14.2 Å². The topological polar surface area (TPSA) is 44.2 Å². The van der Waals surface area contributed by atoms with Crippen LogP contribution in [0.3, 0.4) is 0 Å². The Kier molecular flexibility index (Phi) is 2.71. The van der Waals surface area contributed by atoms with E-state index in [1.165, 1.54) is 12.8 Å². The maximum atomic E-state index is 5.16. The van der Waals surface area contributed by atoms with Crippen LogP contribution in [0.25, 0.3) is 0 Å². The smallest absolute Gasteiger partial charge is 0.200 e. The Bertz CT molecular complexity index is 346. The molecule has 1 aliphatic rings. The molecule has 4 nitrogen and oxygen atoms in total. The molecule has 0 amide bonds. The molecule has 0 N–H and O–H groups in total. The van der Waals surface area contributed by atoms with Gasteiger partial charge in [-0.1, -0.05) is 6.92 Å². The lowest BCUT2D eigenvalue weighted by Gasteiger charge is -2.14. The molecule has 0 bridgehead atoms. The summed E-state index contributed by atoms with van der Waals surface area (Å²) in [5, 5.41) is 0. The average molecular weight is 208 g/mol. The molecule has 1 fully saturated rings. The maximum Gasteiger partial charge on any atom is 0.200 e. The minimum atomic E-state index is -0.394. The molecule has 0 unspecified atom stereocenters. The summed E-state index contributed by atoms with van der Waals surface area (Å²) in [6.45, 7) is 2.18. The van der Waals surface area contributed by atoms with Gasteiger partial charge in [0.15, 0.2) is 0 Å². The van der Waals surface area contributed by atoms with E-state index in [0.717, 1.165) is 11.5 Å². The van der Waals surface area contributed by atoms with Crippen LogP contribution in [-0.4, -0.2) is 24.2 Å². The molecule has 1 aromatic rings. The lowest BCUT2D eigenvalue weighted by Crippen LogP contribution is -2.12. The Hall–Kier alpha value is -1.00. The van der Waals surface area contributed by atoms with E-state index in [9.17, 15) is 0 Å². The third-order valence-electron chi connectivity index (χ3n) is 2.89. The predicted octanol–water partition coefficient (Wildman–Crippen LogP) is 1.82. The average Bonchev–Trinajstić information content (AvgIpc) is 3.00. The second-order valence-corrected chi connectivity index (χ2v) is 4.17. The zero-order valence-electron chi connectivity index (χ0n) is 9.36. The largest absolute Gasteiger partial charge is 0.350 e. The van der Waals surface area contributed by atoms with Crippen molar-refractivity contribution in [3.63, 3.8) is 0 Å². The van der Waals surface area contributed by atoms with Gasteiger partial charge in [-0.05, 0) is 18.9 Å². The highest BCUT2D eigenvalue weighted by Gasteiger charge is 2.42. The molecule has 1 aromatic heterocycles. The van der Waals surface area contributed by atoms with Crippen LogP contribution in [0.1, 0.15) is 37.6 Å². The number of hydrogen-bond donors (Lipinski definition) is 0. The van der Waals surface area contributed by atoms with Crippen LogP contribution in [-0.2, 0) is 14.9 Å². The molecule has 0 spiro atoms. The number of hydrogen-bond acceptors (Lipinski definition) is 4. The van der Waals surface area contributed by atoms with E-state index in [1.807, 2.05) is 6.07 Å².